The second-order valence-corrected chi connectivity index (χ2v) is 7.98. The van der Waals surface area contributed by atoms with Gasteiger partial charge < -0.3 is 9.64 Å². The van der Waals surface area contributed by atoms with Crippen molar-refractivity contribution in [1.82, 2.24) is 24.3 Å². The predicted molar refractivity (Wildman–Crippen MR) is 119 cm³/mol. The van der Waals surface area contributed by atoms with Gasteiger partial charge in [-0.3, -0.25) is 14.0 Å². The van der Waals surface area contributed by atoms with E-state index in [1.807, 2.05) is 13.2 Å². The predicted octanol–water partition coefficient (Wildman–Crippen LogP) is 2.75. The Morgan fingerprint density at radius 3 is 2.75 bits per heavy atom. The molecule has 1 aliphatic rings. The molecule has 8 nitrogen and oxygen atoms in total. The van der Waals surface area contributed by atoms with E-state index in [2.05, 4.69) is 15.0 Å². The molecule has 1 saturated heterocycles. The van der Waals surface area contributed by atoms with Gasteiger partial charge in [0.1, 0.15) is 23.6 Å². The number of anilines is 1. The molecule has 0 aliphatic carbocycles. The Balaban J connectivity index is 1.67. The van der Waals surface area contributed by atoms with Crippen LogP contribution in [0.1, 0.15) is 17.5 Å². The quantitative estimate of drug-likeness (QED) is 0.494. The maximum atomic E-state index is 14.8. The monoisotopic (exact) mass is 434 g/mol. The molecule has 9 heteroatoms. The van der Waals surface area contributed by atoms with E-state index >= 15 is 0 Å². The second kappa shape index (κ2) is 7.83. The number of nitrogens with zero attached hydrogens (tertiary/aromatic N) is 6. The van der Waals surface area contributed by atoms with Crippen LogP contribution in [0.2, 0.25) is 0 Å². The Hall–Kier alpha value is -3.59. The third-order valence-electron chi connectivity index (χ3n) is 5.89. The van der Waals surface area contributed by atoms with Crippen molar-refractivity contribution in [1.29, 1.82) is 0 Å². The normalized spacial score (nSPS) is 16.6. The highest BCUT2D eigenvalue weighted by molar-refractivity contribution is 5.93. The highest BCUT2D eigenvalue weighted by atomic mass is 19.1. The molecule has 3 aromatic heterocycles. The van der Waals surface area contributed by atoms with E-state index in [4.69, 9.17) is 9.72 Å². The molecule has 4 heterocycles. The van der Waals surface area contributed by atoms with E-state index in [-0.39, 0.29) is 17.2 Å². The Morgan fingerprint density at radius 1 is 1.19 bits per heavy atom. The van der Waals surface area contributed by atoms with Crippen LogP contribution in [-0.2, 0) is 18.8 Å². The number of aromatic nitrogens is 5. The van der Waals surface area contributed by atoms with Crippen LogP contribution in [0.15, 0.2) is 47.5 Å². The largest absolute Gasteiger partial charge is 0.370 e. The summed E-state index contributed by atoms with van der Waals surface area (Å²) in [7, 11) is 3.52. The molecule has 0 amide bonds. The third kappa shape index (κ3) is 3.44. The standard InChI is InChI=1S/C23H23FN6O2/c1-14-26-18-10-20(30-8-9-32-19(13-30)15-11-25-28(2)12-15)27-22(21(18)23(31)29(14)3)16-6-4-5-7-17(16)24/h4-7,10-12,19H,8-9,13H2,1-3H3/t19-/m1/s1. The molecule has 0 N–H and O–H groups in total. The topological polar surface area (TPSA) is 78.1 Å². The van der Waals surface area contributed by atoms with Gasteiger partial charge in [-0.25, -0.2) is 14.4 Å². The molecule has 0 bridgehead atoms. The molecule has 1 atom stereocenters. The van der Waals surface area contributed by atoms with E-state index < -0.39 is 5.82 Å². The average molecular weight is 434 g/mol. The van der Waals surface area contributed by atoms with E-state index in [1.165, 1.54) is 10.6 Å². The summed E-state index contributed by atoms with van der Waals surface area (Å²) in [6.07, 6.45) is 3.56. The molecule has 1 fully saturated rings. The van der Waals surface area contributed by atoms with Gasteiger partial charge in [-0.15, -0.1) is 0 Å². The molecular formula is C23H23FN6O2. The Labute approximate surface area is 183 Å². The lowest BCUT2D eigenvalue weighted by molar-refractivity contribution is 0.0395. The number of ether oxygens (including phenoxy) is 1. The number of hydrogen-bond donors (Lipinski definition) is 0. The van der Waals surface area contributed by atoms with Gasteiger partial charge in [0, 0.05) is 50.6 Å². The minimum atomic E-state index is -0.434. The first kappa shape index (κ1) is 20.3. The second-order valence-electron chi connectivity index (χ2n) is 7.98. The number of hydrogen-bond acceptors (Lipinski definition) is 6. The number of aryl methyl sites for hydroxylation is 2. The molecule has 0 spiro atoms. The van der Waals surface area contributed by atoms with Crippen LogP contribution in [0.25, 0.3) is 22.2 Å². The zero-order chi connectivity index (χ0) is 22.4. The van der Waals surface area contributed by atoms with Gasteiger partial charge in [0.05, 0.1) is 29.4 Å². The molecule has 1 aromatic carbocycles. The van der Waals surface area contributed by atoms with Gasteiger partial charge in [0.25, 0.3) is 5.56 Å². The van der Waals surface area contributed by atoms with E-state index in [1.54, 1.807) is 49.1 Å². The zero-order valence-electron chi connectivity index (χ0n) is 18.1. The van der Waals surface area contributed by atoms with Crippen molar-refractivity contribution in [2.24, 2.45) is 14.1 Å². The summed E-state index contributed by atoms with van der Waals surface area (Å²) in [6.45, 7) is 3.47. The first-order valence-corrected chi connectivity index (χ1v) is 10.4. The minimum Gasteiger partial charge on any atom is -0.370 e. The van der Waals surface area contributed by atoms with Crippen molar-refractivity contribution in [2.45, 2.75) is 13.0 Å². The van der Waals surface area contributed by atoms with Crippen LogP contribution >= 0.6 is 0 Å². The van der Waals surface area contributed by atoms with Gasteiger partial charge in [-0.1, -0.05) is 12.1 Å². The third-order valence-corrected chi connectivity index (χ3v) is 5.89. The zero-order valence-corrected chi connectivity index (χ0v) is 18.1. The number of benzene rings is 1. The van der Waals surface area contributed by atoms with Crippen molar-refractivity contribution in [3.05, 3.63) is 70.3 Å². The fourth-order valence-electron chi connectivity index (χ4n) is 4.06. The smallest absolute Gasteiger partial charge is 0.263 e. The van der Waals surface area contributed by atoms with Crippen molar-refractivity contribution in [2.75, 3.05) is 24.6 Å². The Kier molecular flexibility index (Phi) is 4.97. The van der Waals surface area contributed by atoms with Gasteiger partial charge in [-0.05, 0) is 19.1 Å². The Bertz CT molecular complexity index is 1380. The summed E-state index contributed by atoms with van der Waals surface area (Å²) in [5.74, 6) is 0.777. The maximum Gasteiger partial charge on any atom is 0.263 e. The molecule has 164 valence electrons. The number of halogens is 1. The van der Waals surface area contributed by atoms with Crippen LogP contribution in [0.3, 0.4) is 0 Å². The summed E-state index contributed by atoms with van der Waals surface area (Å²) in [4.78, 5) is 24.6. The highest BCUT2D eigenvalue weighted by Gasteiger charge is 2.26. The molecule has 0 saturated carbocycles. The van der Waals surface area contributed by atoms with Crippen LogP contribution in [0.5, 0.6) is 0 Å². The summed E-state index contributed by atoms with van der Waals surface area (Å²) in [5, 5.41) is 4.54. The lowest BCUT2D eigenvalue weighted by atomic mass is 10.1. The fraction of sp³-hybridized carbons (Fsp3) is 0.304. The van der Waals surface area contributed by atoms with Crippen molar-refractivity contribution >= 4 is 16.7 Å². The number of pyridine rings is 1. The minimum absolute atomic E-state index is 0.162. The van der Waals surface area contributed by atoms with E-state index in [9.17, 15) is 9.18 Å². The molecule has 1 aliphatic heterocycles. The lowest BCUT2D eigenvalue weighted by Gasteiger charge is -2.33. The first-order valence-electron chi connectivity index (χ1n) is 10.4. The number of rotatable bonds is 3. The number of fused-ring (bicyclic) bond motifs is 1. The summed E-state index contributed by atoms with van der Waals surface area (Å²) < 4.78 is 23.9. The first-order chi connectivity index (χ1) is 15.4. The van der Waals surface area contributed by atoms with Gasteiger partial charge in [0.15, 0.2) is 0 Å². The summed E-state index contributed by atoms with van der Waals surface area (Å²) in [5.41, 5.74) is 1.81. The van der Waals surface area contributed by atoms with Crippen LogP contribution in [0, 0.1) is 12.7 Å². The maximum absolute atomic E-state index is 14.8. The van der Waals surface area contributed by atoms with Crippen molar-refractivity contribution in [3.63, 3.8) is 0 Å². The van der Waals surface area contributed by atoms with Gasteiger partial charge in [-0.2, -0.15) is 5.10 Å². The molecule has 0 unspecified atom stereocenters. The van der Waals surface area contributed by atoms with Gasteiger partial charge in [0.2, 0.25) is 0 Å². The lowest BCUT2D eigenvalue weighted by Crippen LogP contribution is -2.39. The SMILES string of the molecule is Cc1nc2cc(N3CCO[C@@H](c4cnn(C)c4)C3)nc(-c3ccccc3F)c2c(=O)n1C. The number of morpholine rings is 1. The molecule has 32 heavy (non-hydrogen) atoms. The molecule has 4 aromatic rings. The molecule has 5 rings (SSSR count). The fourth-order valence-corrected chi connectivity index (χ4v) is 4.06. The Morgan fingerprint density at radius 2 is 2.00 bits per heavy atom. The average Bonchev–Trinajstić information content (AvgIpc) is 3.23. The van der Waals surface area contributed by atoms with Crippen molar-refractivity contribution in [3.8, 4) is 11.3 Å². The van der Waals surface area contributed by atoms with Crippen LogP contribution in [0.4, 0.5) is 10.2 Å². The van der Waals surface area contributed by atoms with Crippen LogP contribution < -0.4 is 10.5 Å². The summed E-state index contributed by atoms with van der Waals surface area (Å²) >= 11 is 0. The van der Waals surface area contributed by atoms with E-state index in [0.29, 0.717) is 47.9 Å². The summed E-state index contributed by atoms with van der Waals surface area (Å²) in [6, 6.07) is 8.16. The van der Waals surface area contributed by atoms with Crippen molar-refractivity contribution < 1.29 is 9.13 Å². The molecule has 0 radical (unpaired) electrons. The highest BCUT2D eigenvalue weighted by Crippen LogP contribution is 2.31. The van der Waals surface area contributed by atoms with Crippen LogP contribution in [-0.4, -0.2) is 44.0 Å². The molecular weight excluding hydrogens is 411 g/mol. The van der Waals surface area contributed by atoms with Gasteiger partial charge >= 0.3 is 0 Å². The van der Waals surface area contributed by atoms with E-state index in [0.717, 1.165) is 5.56 Å².